The zero-order valence-corrected chi connectivity index (χ0v) is 14.0. The first kappa shape index (κ1) is 15.3. The van der Waals surface area contributed by atoms with Crippen molar-refractivity contribution in [2.75, 3.05) is 6.54 Å². The van der Waals surface area contributed by atoms with Crippen LogP contribution < -0.4 is 5.32 Å². The van der Waals surface area contributed by atoms with Crippen molar-refractivity contribution in [3.63, 3.8) is 0 Å². The van der Waals surface area contributed by atoms with E-state index in [-0.39, 0.29) is 18.1 Å². The van der Waals surface area contributed by atoms with E-state index in [1.165, 1.54) is 12.8 Å². The number of nitrogens with zero attached hydrogens (tertiary/aromatic N) is 4. The molecule has 128 valence electrons. The fourth-order valence-electron chi connectivity index (χ4n) is 2.98. The van der Waals surface area contributed by atoms with E-state index >= 15 is 0 Å². The van der Waals surface area contributed by atoms with Crippen molar-refractivity contribution in [3.05, 3.63) is 29.1 Å². The predicted molar refractivity (Wildman–Crippen MR) is 85.5 cm³/mol. The van der Waals surface area contributed by atoms with Crippen molar-refractivity contribution in [2.24, 2.45) is 7.05 Å². The Morgan fingerprint density at radius 1 is 1.42 bits per heavy atom. The SMILES string of the molecule is Cc1cc(C(=O)NC[C@H]2CC[C@@H](c3nc(C4CC4)n[nH]3)O2)nn1C. The van der Waals surface area contributed by atoms with Crippen LogP contribution in [0.2, 0.25) is 0 Å². The minimum atomic E-state index is -0.165. The first-order valence-corrected chi connectivity index (χ1v) is 8.46. The molecule has 24 heavy (non-hydrogen) atoms. The molecule has 4 rings (SSSR count). The number of hydrogen-bond acceptors (Lipinski definition) is 5. The summed E-state index contributed by atoms with van der Waals surface area (Å²) in [4.78, 5) is 16.7. The summed E-state index contributed by atoms with van der Waals surface area (Å²) in [7, 11) is 1.82. The highest BCUT2D eigenvalue weighted by atomic mass is 16.5. The molecule has 2 fully saturated rings. The average molecular weight is 330 g/mol. The quantitative estimate of drug-likeness (QED) is 0.863. The van der Waals surface area contributed by atoms with Crippen LogP contribution in [0.15, 0.2) is 6.07 Å². The van der Waals surface area contributed by atoms with Crippen LogP contribution in [0.1, 0.15) is 65.5 Å². The fraction of sp³-hybridized carbons (Fsp3) is 0.625. The van der Waals surface area contributed by atoms with Gasteiger partial charge in [-0.05, 0) is 38.7 Å². The number of rotatable bonds is 5. The van der Waals surface area contributed by atoms with Gasteiger partial charge < -0.3 is 10.1 Å². The Morgan fingerprint density at radius 3 is 2.96 bits per heavy atom. The van der Waals surface area contributed by atoms with Crippen LogP contribution in [0.5, 0.6) is 0 Å². The third-order valence-corrected chi connectivity index (χ3v) is 4.71. The van der Waals surface area contributed by atoms with E-state index in [2.05, 4.69) is 25.6 Å². The Labute approximate surface area is 140 Å². The molecule has 2 aromatic rings. The molecule has 2 aromatic heterocycles. The molecule has 1 aliphatic heterocycles. The van der Waals surface area contributed by atoms with Gasteiger partial charge in [-0.2, -0.15) is 10.2 Å². The van der Waals surface area contributed by atoms with Gasteiger partial charge in [-0.25, -0.2) is 4.98 Å². The van der Waals surface area contributed by atoms with Gasteiger partial charge in [-0.1, -0.05) is 0 Å². The number of carbonyl (C=O) groups is 1. The molecule has 0 bridgehead atoms. The number of aryl methyl sites for hydroxylation is 2. The number of carbonyl (C=O) groups excluding carboxylic acids is 1. The topological polar surface area (TPSA) is 97.7 Å². The molecule has 0 unspecified atom stereocenters. The van der Waals surface area contributed by atoms with Gasteiger partial charge in [0.1, 0.15) is 11.8 Å². The predicted octanol–water partition coefficient (Wildman–Crippen LogP) is 1.37. The summed E-state index contributed by atoms with van der Waals surface area (Å²) in [6, 6.07) is 1.78. The summed E-state index contributed by atoms with van der Waals surface area (Å²) in [6.07, 6.45) is 4.10. The maximum atomic E-state index is 12.1. The molecule has 8 nitrogen and oxygen atoms in total. The molecule has 2 atom stereocenters. The highest BCUT2D eigenvalue weighted by Gasteiger charge is 2.32. The van der Waals surface area contributed by atoms with Crippen LogP contribution in [0.3, 0.4) is 0 Å². The summed E-state index contributed by atoms with van der Waals surface area (Å²) in [5.41, 5.74) is 1.39. The van der Waals surface area contributed by atoms with E-state index < -0.39 is 0 Å². The molecule has 1 saturated carbocycles. The zero-order valence-electron chi connectivity index (χ0n) is 14.0. The number of hydrogen-bond donors (Lipinski definition) is 2. The van der Waals surface area contributed by atoms with Crippen molar-refractivity contribution in [3.8, 4) is 0 Å². The van der Waals surface area contributed by atoms with E-state index in [1.54, 1.807) is 10.7 Å². The summed E-state index contributed by atoms with van der Waals surface area (Å²) in [6.45, 7) is 2.40. The van der Waals surface area contributed by atoms with Crippen LogP contribution in [0.4, 0.5) is 0 Å². The number of nitrogens with one attached hydrogen (secondary N) is 2. The molecule has 0 spiro atoms. The highest BCUT2D eigenvalue weighted by Crippen LogP contribution is 2.39. The molecule has 1 aliphatic carbocycles. The van der Waals surface area contributed by atoms with Crippen LogP contribution in [0.25, 0.3) is 0 Å². The van der Waals surface area contributed by atoms with Crippen LogP contribution in [0, 0.1) is 6.92 Å². The lowest BCUT2D eigenvalue weighted by Crippen LogP contribution is -2.32. The Bertz CT molecular complexity index is 728. The second-order valence-corrected chi connectivity index (χ2v) is 6.68. The van der Waals surface area contributed by atoms with E-state index in [4.69, 9.17) is 4.74 Å². The van der Waals surface area contributed by atoms with Gasteiger partial charge >= 0.3 is 0 Å². The van der Waals surface area contributed by atoms with Gasteiger partial charge in [0.25, 0.3) is 5.91 Å². The second kappa shape index (κ2) is 6.01. The average Bonchev–Trinajstić information content (AvgIpc) is 2.98. The molecule has 8 heteroatoms. The lowest BCUT2D eigenvalue weighted by Gasteiger charge is -2.12. The van der Waals surface area contributed by atoms with Gasteiger partial charge in [0.05, 0.1) is 6.10 Å². The maximum absolute atomic E-state index is 12.1. The normalized spacial score (nSPS) is 23.6. The van der Waals surface area contributed by atoms with Crippen LogP contribution in [-0.4, -0.2) is 43.5 Å². The van der Waals surface area contributed by atoms with E-state index in [1.807, 2.05) is 14.0 Å². The molecular formula is C16H22N6O2. The Morgan fingerprint density at radius 2 is 2.25 bits per heavy atom. The number of aromatic nitrogens is 5. The Balaban J connectivity index is 1.29. The molecule has 1 saturated heterocycles. The molecule has 0 aromatic carbocycles. The first-order chi connectivity index (χ1) is 11.6. The maximum Gasteiger partial charge on any atom is 0.271 e. The van der Waals surface area contributed by atoms with Gasteiger partial charge in [-0.15, -0.1) is 0 Å². The minimum absolute atomic E-state index is 0.00164. The lowest BCUT2D eigenvalue weighted by atomic mass is 10.2. The van der Waals surface area contributed by atoms with E-state index in [0.717, 1.165) is 30.2 Å². The van der Waals surface area contributed by atoms with Gasteiger partial charge in [0.15, 0.2) is 11.6 Å². The van der Waals surface area contributed by atoms with E-state index in [0.29, 0.717) is 18.2 Å². The van der Waals surface area contributed by atoms with Crippen molar-refractivity contribution in [2.45, 2.75) is 50.7 Å². The summed E-state index contributed by atoms with van der Waals surface area (Å²) in [5.74, 6) is 2.09. The number of ether oxygens (including phenoxy) is 1. The smallest absolute Gasteiger partial charge is 0.271 e. The number of aromatic amines is 1. The highest BCUT2D eigenvalue weighted by molar-refractivity contribution is 5.92. The van der Waals surface area contributed by atoms with Gasteiger partial charge in [0, 0.05) is 25.2 Å². The third-order valence-electron chi connectivity index (χ3n) is 4.71. The van der Waals surface area contributed by atoms with Crippen LogP contribution in [-0.2, 0) is 11.8 Å². The second-order valence-electron chi connectivity index (χ2n) is 6.68. The van der Waals surface area contributed by atoms with Crippen molar-refractivity contribution in [1.82, 2.24) is 30.3 Å². The Hall–Kier alpha value is -2.22. The molecule has 0 radical (unpaired) electrons. The minimum Gasteiger partial charge on any atom is -0.365 e. The van der Waals surface area contributed by atoms with Gasteiger partial charge in [0.2, 0.25) is 0 Å². The lowest BCUT2D eigenvalue weighted by molar-refractivity contribution is 0.0391. The van der Waals surface area contributed by atoms with Crippen molar-refractivity contribution >= 4 is 5.91 Å². The standard InChI is InChI=1S/C16H22N6O2/c1-9-7-12(21-22(9)2)16(23)17-8-11-5-6-13(24-11)15-18-14(19-20-15)10-3-4-10/h7,10-11,13H,3-6,8H2,1-2H3,(H,17,23)(H,18,19,20)/t11-,13+/m1/s1. The molecule has 2 N–H and O–H groups in total. The largest absolute Gasteiger partial charge is 0.365 e. The summed E-state index contributed by atoms with van der Waals surface area (Å²) < 4.78 is 7.69. The third kappa shape index (κ3) is 3.06. The summed E-state index contributed by atoms with van der Waals surface area (Å²) >= 11 is 0. The van der Waals surface area contributed by atoms with E-state index in [9.17, 15) is 4.79 Å². The molecule has 3 heterocycles. The molecular weight excluding hydrogens is 308 g/mol. The monoisotopic (exact) mass is 330 g/mol. The van der Waals surface area contributed by atoms with Gasteiger partial charge in [-0.3, -0.25) is 14.6 Å². The Kier molecular flexibility index (Phi) is 3.84. The fourth-order valence-corrected chi connectivity index (χ4v) is 2.98. The van der Waals surface area contributed by atoms with Crippen molar-refractivity contribution < 1.29 is 9.53 Å². The van der Waals surface area contributed by atoms with Crippen LogP contribution >= 0.6 is 0 Å². The zero-order chi connectivity index (χ0) is 16.7. The van der Waals surface area contributed by atoms with Crippen molar-refractivity contribution in [1.29, 1.82) is 0 Å². The number of amides is 1. The molecule has 1 amide bonds. The first-order valence-electron chi connectivity index (χ1n) is 8.46. The number of H-pyrrole nitrogens is 1. The summed E-state index contributed by atoms with van der Waals surface area (Å²) in [5, 5.41) is 14.4. The molecule has 2 aliphatic rings.